The van der Waals surface area contributed by atoms with Gasteiger partial charge in [0.2, 0.25) is 0 Å². The highest BCUT2D eigenvalue weighted by atomic mass is 16.5. The normalized spacial score (nSPS) is 11.0. The molecule has 4 rings (SSSR count). The molecule has 0 radical (unpaired) electrons. The lowest BCUT2D eigenvalue weighted by atomic mass is 10.0. The van der Waals surface area contributed by atoms with Crippen molar-refractivity contribution in [2.75, 3.05) is 19.1 Å². The van der Waals surface area contributed by atoms with Crippen molar-refractivity contribution in [3.63, 3.8) is 0 Å². The molecule has 148 valence electrons. The van der Waals surface area contributed by atoms with E-state index in [1.165, 1.54) is 0 Å². The SMILES string of the molecule is COc1c(C(=O)N(C)c2ccccc2)cc2ccccc2c1N=Nc1ccccc1. The molecule has 30 heavy (non-hydrogen) atoms. The van der Waals surface area contributed by atoms with E-state index in [4.69, 9.17) is 4.74 Å². The fraction of sp³-hybridized carbons (Fsp3) is 0.0800. The van der Waals surface area contributed by atoms with E-state index in [9.17, 15) is 4.79 Å². The zero-order valence-corrected chi connectivity index (χ0v) is 16.8. The summed E-state index contributed by atoms with van der Waals surface area (Å²) < 4.78 is 5.68. The van der Waals surface area contributed by atoms with Gasteiger partial charge < -0.3 is 9.64 Å². The Morgan fingerprint density at radius 3 is 2.17 bits per heavy atom. The topological polar surface area (TPSA) is 54.3 Å². The van der Waals surface area contributed by atoms with Gasteiger partial charge in [0.15, 0.2) is 5.75 Å². The molecule has 4 aromatic carbocycles. The van der Waals surface area contributed by atoms with Crippen LogP contribution in [0.4, 0.5) is 17.1 Å². The molecule has 0 atom stereocenters. The molecule has 0 aliphatic carbocycles. The first-order valence-corrected chi connectivity index (χ1v) is 9.58. The Morgan fingerprint density at radius 1 is 0.833 bits per heavy atom. The Balaban J connectivity index is 1.86. The predicted molar refractivity (Wildman–Crippen MR) is 120 cm³/mol. The van der Waals surface area contributed by atoms with Crippen LogP contribution in [-0.4, -0.2) is 20.1 Å². The monoisotopic (exact) mass is 395 g/mol. The third-order valence-corrected chi connectivity index (χ3v) is 4.88. The maximum atomic E-state index is 13.4. The van der Waals surface area contributed by atoms with Crippen molar-refractivity contribution in [1.82, 2.24) is 0 Å². The highest BCUT2D eigenvalue weighted by Crippen LogP contribution is 2.40. The van der Waals surface area contributed by atoms with Gasteiger partial charge in [0, 0.05) is 18.1 Å². The number of ether oxygens (including phenoxy) is 1. The molecular formula is C25H21N3O2. The molecule has 0 unspecified atom stereocenters. The van der Waals surface area contributed by atoms with Gasteiger partial charge in [0.25, 0.3) is 5.91 Å². The third-order valence-electron chi connectivity index (χ3n) is 4.88. The van der Waals surface area contributed by atoms with Crippen LogP contribution in [-0.2, 0) is 0 Å². The Bertz CT molecular complexity index is 1210. The number of para-hydroxylation sites is 1. The summed E-state index contributed by atoms with van der Waals surface area (Å²) in [7, 11) is 3.29. The summed E-state index contributed by atoms with van der Waals surface area (Å²) in [6.45, 7) is 0. The number of carbonyl (C=O) groups is 1. The maximum Gasteiger partial charge on any atom is 0.261 e. The van der Waals surface area contributed by atoms with E-state index in [1.54, 1.807) is 19.1 Å². The minimum atomic E-state index is -0.181. The van der Waals surface area contributed by atoms with Crippen LogP contribution < -0.4 is 9.64 Å². The van der Waals surface area contributed by atoms with Crippen molar-refractivity contribution in [3.8, 4) is 5.75 Å². The molecule has 0 aromatic heterocycles. The van der Waals surface area contributed by atoms with Crippen LogP contribution in [0.15, 0.2) is 101 Å². The maximum absolute atomic E-state index is 13.4. The quantitative estimate of drug-likeness (QED) is 0.360. The van der Waals surface area contributed by atoms with Crippen molar-refractivity contribution >= 4 is 33.7 Å². The molecule has 0 saturated heterocycles. The van der Waals surface area contributed by atoms with Gasteiger partial charge in [-0.3, -0.25) is 4.79 Å². The number of rotatable bonds is 5. The molecule has 0 saturated carbocycles. The van der Waals surface area contributed by atoms with Gasteiger partial charge in [0.05, 0.1) is 18.4 Å². The van der Waals surface area contributed by atoms with Gasteiger partial charge in [-0.1, -0.05) is 60.7 Å². The number of methoxy groups -OCH3 is 1. The highest BCUT2D eigenvalue weighted by molar-refractivity contribution is 6.12. The van der Waals surface area contributed by atoms with Gasteiger partial charge in [-0.2, -0.15) is 5.11 Å². The molecule has 0 fully saturated rings. The largest absolute Gasteiger partial charge is 0.494 e. The summed E-state index contributed by atoms with van der Waals surface area (Å²) in [5.41, 5.74) is 2.49. The van der Waals surface area contributed by atoms with E-state index in [-0.39, 0.29) is 5.91 Å². The van der Waals surface area contributed by atoms with Crippen LogP contribution in [0.2, 0.25) is 0 Å². The van der Waals surface area contributed by atoms with Crippen molar-refractivity contribution in [1.29, 1.82) is 0 Å². The average molecular weight is 395 g/mol. The predicted octanol–water partition coefficient (Wildman–Crippen LogP) is 6.54. The number of carbonyl (C=O) groups excluding carboxylic acids is 1. The fourth-order valence-electron chi connectivity index (χ4n) is 3.33. The lowest BCUT2D eigenvalue weighted by molar-refractivity contribution is 0.0990. The number of fused-ring (bicyclic) bond motifs is 1. The van der Waals surface area contributed by atoms with Crippen LogP contribution in [0.3, 0.4) is 0 Å². The average Bonchev–Trinajstić information content (AvgIpc) is 2.82. The summed E-state index contributed by atoms with van der Waals surface area (Å²) in [6.07, 6.45) is 0. The number of amides is 1. The molecule has 0 N–H and O–H groups in total. The summed E-state index contributed by atoms with van der Waals surface area (Å²) >= 11 is 0. The summed E-state index contributed by atoms with van der Waals surface area (Å²) in [6, 6.07) is 28.6. The van der Waals surface area contributed by atoms with Gasteiger partial charge >= 0.3 is 0 Å². The number of anilines is 1. The number of benzene rings is 4. The van der Waals surface area contributed by atoms with E-state index < -0.39 is 0 Å². The first-order chi connectivity index (χ1) is 14.7. The van der Waals surface area contributed by atoms with E-state index >= 15 is 0 Å². The molecule has 0 spiro atoms. The Kier molecular flexibility index (Phi) is 5.52. The highest BCUT2D eigenvalue weighted by Gasteiger charge is 2.23. The molecule has 1 amide bonds. The Morgan fingerprint density at radius 2 is 1.47 bits per heavy atom. The molecule has 0 aliphatic rings. The number of hydrogen-bond acceptors (Lipinski definition) is 4. The molecule has 0 aliphatic heterocycles. The van der Waals surface area contributed by atoms with Crippen molar-refractivity contribution in [3.05, 3.63) is 96.6 Å². The van der Waals surface area contributed by atoms with E-state index in [0.29, 0.717) is 17.0 Å². The fourth-order valence-corrected chi connectivity index (χ4v) is 3.33. The second-order valence-corrected chi connectivity index (χ2v) is 6.76. The Labute approximate surface area is 175 Å². The molecule has 0 heterocycles. The number of hydrogen-bond donors (Lipinski definition) is 0. The van der Waals surface area contributed by atoms with Crippen molar-refractivity contribution in [2.24, 2.45) is 10.2 Å². The van der Waals surface area contributed by atoms with Crippen LogP contribution in [0.25, 0.3) is 10.8 Å². The number of nitrogens with zero attached hydrogens (tertiary/aromatic N) is 3. The Hall–Kier alpha value is -3.99. The second-order valence-electron chi connectivity index (χ2n) is 6.76. The second kappa shape index (κ2) is 8.57. The van der Waals surface area contributed by atoms with E-state index in [2.05, 4.69) is 10.2 Å². The molecule has 5 heteroatoms. The van der Waals surface area contributed by atoms with Gasteiger partial charge in [0.1, 0.15) is 5.69 Å². The molecule has 4 aromatic rings. The van der Waals surface area contributed by atoms with Crippen LogP contribution >= 0.6 is 0 Å². The number of azo groups is 1. The van der Waals surface area contributed by atoms with Crippen molar-refractivity contribution in [2.45, 2.75) is 0 Å². The standard InChI is InChI=1S/C25H21N3O2/c1-28(20-14-7-4-8-15-20)25(29)22-17-18-11-9-10-16-21(18)23(24(22)30-2)27-26-19-12-5-3-6-13-19/h3-17H,1-2H3. The molecule has 5 nitrogen and oxygen atoms in total. The summed E-state index contributed by atoms with van der Waals surface area (Å²) in [4.78, 5) is 15.0. The minimum Gasteiger partial charge on any atom is -0.494 e. The molecule has 0 bridgehead atoms. The zero-order valence-electron chi connectivity index (χ0n) is 16.8. The molecular weight excluding hydrogens is 374 g/mol. The third kappa shape index (κ3) is 3.78. The minimum absolute atomic E-state index is 0.181. The zero-order chi connectivity index (χ0) is 20.9. The van der Waals surface area contributed by atoms with Crippen LogP contribution in [0.1, 0.15) is 10.4 Å². The lowest BCUT2D eigenvalue weighted by Crippen LogP contribution is -2.26. The lowest BCUT2D eigenvalue weighted by Gasteiger charge is -2.20. The van der Waals surface area contributed by atoms with Crippen LogP contribution in [0.5, 0.6) is 5.75 Å². The van der Waals surface area contributed by atoms with Gasteiger partial charge in [-0.25, -0.2) is 0 Å². The van der Waals surface area contributed by atoms with Crippen LogP contribution in [0, 0.1) is 0 Å². The van der Waals surface area contributed by atoms with E-state index in [0.717, 1.165) is 22.1 Å². The summed E-state index contributed by atoms with van der Waals surface area (Å²) in [5, 5.41) is 10.6. The van der Waals surface area contributed by atoms with Gasteiger partial charge in [-0.05, 0) is 35.7 Å². The summed E-state index contributed by atoms with van der Waals surface area (Å²) in [5.74, 6) is 0.223. The smallest absolute Gasteiger partial charge is 0.261 e. The first-order valence-electron chi connectivity index (χ1n) is 9.58. The van der Waals surface area contributed by atoms with Gasteiger partial charge in [-0.15, -0.1) is 5.11 Å². The van der Waals surface area contributed by atoms with Crippen molar-refractivity contribution < 1.29 is 9.53 Å². The van der Waals surface area contributed by atoms with E-state index in [1.807, 2.05) is 91.0 Å². The first kappa shape index (κ1) is 19.3.